The molecule has 2 aromatic carbocycles. The largest absolute Gasteiger partial charge is 0.469 e. The van der Waals surface area contributed by atoms with E-state index in [2.05, 4.69) is 131 Å². The molecule has 8 fully saturated rings. The zero-order valence-electron chi connectivity index (χ0n) is 46.9. The van der Waals surface area contributed by atoms with Crippen molar-refractivity contribution in [2.45, 2.75) is 208 Å². The van der Waals surface area contributed by atoms with Crippen molar-refractivity contribution in [1.82, 2.24) is 10.2 Å². The molecule has 4 bridgehead atoms. The van der Waals surface area contributed by atoms with E-state index >= 15 is 0 Å². The van der Waals surface area contributed by atoms with Crippen LogP contribution in [0.5, 0.6) is 0 Å². The molecule has 0 saturated heterocycles. The predicted molar refractivity (Wildman–Crippen MR) is 291 cm³/mol. The molecule has 11 rings (SSSR count). The summed E-state index contributed by atoms with van der Waals surface area (Å²) in [7, 11) is 2.89. The Balaban J connectivity index is 0.000000195. The number of aryl methyl sites for hydroxylation is 2. The van der Waals surface area contributed by atoms with Crippen molar-refractivity contribution in [2.24, 2.45) is 50.2 Å². The van der Waals surface area contributed by atoms with E-state index in [1.54, 1.807) is 0 Å². The molecule has 8 aliphatic carbocycles. The fourth-order valence-corrected chi connectivity index (χ4v) is 15.6. The molecule has 0 spiro atoms. The van der Waals surface area contributed by atoms with Gasteiger partial charge in [0.15, 0.2) is 0 Å². The molecule has 1 aliphatic heterocycles. The molecule has 402 valence electrons. The summed E-state index contributed by atoms with van der Waals surface area (Å²) >= 11 is 13.7. The fraction of sp³-hybridized carbons (Fsp3) is 0.710. The molecule has 1 heterocycles. The summed E-state index contributed by atoms with van der Waals surface area (Å²) in [5.41, 5.74) is 4.56. The van der Waals surface area contributed by atoms with E-state index in [1.807, 2.05) is 4.90 Å². The molecule has 9 nitrogen and oxygen atoms in total. The number of hydrogen-bond donors (Lipinski definition) is 2. The average Bonchev–Trinajstić information content (AvgIpc) is 3.25. The number of allylic oxidation sites excluding steroid dienone is 1. The van der Waals surface area contributed by atoms with Crippen molar-refractivity contribution in [2.75, 3.05) is 20.8 Å². The second kappa shape index (κ2) is 19.0. The van der Waals surface area contributed by atoms with Gasteiger partial charge in [-0.15, -0.1) is 0 Å². The van der Waals surface area contributed by atoms with Crippen LogP contribution in [0, 0.1) is 50.2 Å². The van der Waals surface area contributed by atoms with E-state index in [9.17, 15) is 24.3 Å². The molecule has 11 heteroatoms. The highest BCUT2D eigenvalue weighted by Gasteiger charge is 2.76. The molecule has 0 radical (unpaired) electrons. The van der Waals surface area contributed by atoms with Gasteiger partial charge in [-0.25, -0.2) is 0 Å². The molecule has 2 aromatic rings. The van der Waals surface area contributed by atoms with Crippen LogP contribution in [0.2, 0.25) is 10.0 Å². The number of carbonyl (C=O) groups is 4. The van der Waals surface area contributed by atoms with Crippen molar-refractivity contribution in [3.63, 3.8) is 0 Å². The van der Waals surface area contributed by atoms with Gasteiger partial charge in [-0.3, -0.25) is 19.2 Å². The second-order valence-corrected chi connectivity index (χ2v) is 29.4. The van der Waals surface area contributed by atoms with Gasteiger partial charge in [0.25, 0.3) is 0 Å². The quantitative estimate of drug-likeness (QED) is 0.192. The van der Waals surface area contributed by atoms with Crippen molar-refractivity contribution in [1.29, 1.82) is 0 Å². The number of benzene rings is 2. The number of rotatable bonds is 13. The normalized spacial score (nSPS) is 34.5. The highest BCUT2D eigenvalue weighted by molar-refractivity contribution is 6.31. The number of carbonyl (C=O) groups excluding carboxylic acids is 4. The van der Waals surface area contributed by atoms with E-state index in [1.165, 1.54) is 30.9 Å². The van der Waals surface area contributed by atoms with Crippen LogP contribution in [0.25, 0.3) is 0 Å². The lowest BCUT2D eigenvalue weighted by atomic mass is 9.38. The number of fused-ring (bicyclic) bond motifs is 1. The van der Waals surface area contributed by atoms with Crippen LogP contribution in [0.3, 0.4) is 0 Å². The Labute approximate surface area is 448 Å². The maximum absolute atomic E-state index is 13.8. The third kappa shape index (κ3) is 9.87. The van der Waals surface area contributed by atoms with E-state index < -0.39 is 10.8 Å². The van der Waals surface area contributed by atoms with Crippen LogP contribution in [0.1, 0.15) is 195 Å². The number of nitrogens with one attached hydrogen (secondary N) is 1. The summed E-state index contributed by atoms with van der Waals surface area (Å²) < 4.78 is 10.0. The molecule has 9 aliphatic rings. The third-order valence-corrected chi connectivity index (χ3v) is 21.2. The zero-order chi connectivity index (χ0) is 53.8. The average molecular weight is 1040 g/mol. The topological polar surface area (TPSA) is 122 Å². The maximum atomic E-state index is 13.8. The van der Waals surface area contributed by atoms with Gasteiger partial charge in [0.1, 0.15) is 0 Å². The summed E-state index contributed by atoms with van der Waals surface area (Å²) in [4.78, 5) is 53.8. The first-order chi connectivity index (χ1) is 33.8. The lowest BCUT2D eigenvalue weighted by Crippen LogP contribution is -2.77. The highest BCUT2D eigenvalue weighted by Crippen LogP contribution is 2.72. The van der Waals surface area contributed by atoms with Gasteiger partial charge >= 0.3 is 11.9 Å². The standard InChI is InChI=1S/C31H46ClNO4.C31H42ClNO3/c1-20-23(16-34)31(13-12-28(20,5)6,22-9-8-21(24(32)14-22)10-11-27(2,3)4)15-25(35)33-30-17-29(18-30,19-30)26(36)37-7;1-20-23-16-33(30-17-29(18-30,19-30)26(35)36-7)25(34)15-31(23,13-12-28(20,5)6)22-9-8-21(24(32)14-22)10-11-27(2,3)4/h8-9,14,20,23,34H,10-13,15-19H2,1-7H3,(H,33,35);8-9,14,16,20H,10-13,15,17-19H2,1-7H3/t;20?,29?,30?,31-/m.0/s1. The fourth-order valence-electron chi connectivity index (χ4n) is 15.1. The Morgan fingerprint density at radius 3 is 1.71 bits per heavy atom. The van der Waals surface area contributed by atoms with Gasteiger partial charge in [-0.2, -0.15) is 0 Å². The Hall–Kier alpha value is -3.40. The number of aliphatic hydroxyl groups is 1. The van der Waals surface area contributed by atoms with Gasteiger partial charge in [0.2, 0.25) is 11.8 Å². The third-order valence-electron chi connectivity index (χ3n) is 20.5. The summed E-state index contributed by atoms with van der Waals surface area (Å²) in [6, 6.07) is 12.9. The minimum absolute atomic E-state index is 0.00328. The number of amides is 2. The summed E-state index contributed by atoms with van der Waals surface area (Å²) in [6.07, 6.45) is 14.9. The number of methoxy groups -OCH3 is 2. The Bertz CT molecular complexity index is 2510. The van der Waals surface area contributed by atoms with Gasteiger partial charge in [0, 0.05) is 52.1 Å². The van der Waals surface area contributed by atoms with Crippen molar-refractivity contribution in [3.05, 3.63) is 80.5 Å². The molecule has 73 heavy (non-hydrogen) atoms. The van der Waals surface area contributed by atoms with Gasteiger partial charge < -0.3 is 24.8 Å². The smallest absolute Gasteiger partial charge is 0.312 e. The van der Waals surface area contributed by atoms with E-state index in [4.69, 9.17) is 32.7 Å². The number of hydrogen-bond acceptors (Lipinski definition) is 7. The number of ether oxygens (including phenoxy) is 2. The van der Waals surface area contributed by atoms with Gasteiger partial charge in [-0.05, 0) is 169 Å². The number of esters is 2. The molecule has 4 unspecified atom stereocenters. The first kappa shape index (κ1) is 55.8. The van der Waals surface area contributed by atoms with Crippen molar-refractivity contribution in [3.8, 4) is 0 Å². The van der Waals surface area contributed by atoms with Crippen LogP contribution in [0.4, 0.5) is 0 Å². The van der Waals surface area contributed by atoms with Crippen LogP contribution < -0.4 is 5.32 Å². The number of aliphatic hydroxyl groups excluding tert-OH is 1. The monoisotopic (exact) mass is 1040 g/mol. The summed E-state index contributed by atoms with van der Waals surface area (Å²) in [5.74, 6) is 0.398. The molecule has 5 atom stereocenters. The van der Waals surface area contributed by atoms with Gasteiger partial charge in [-0.1, -0.05) is 131 Å². The highest BCUT2D eigenvalue weighted by atomic mass is 35.5. The first-order valence-corrected chi connectivity index (χ1v) is 28.2. The number of halogens is 2. The van der Waals surface area contributed by atoms with E-state index in [0.717, 1.165) is 91.8 Å². The molecule has 8 saturated carbocycles. The Kier molecular flexibility index (Phi) is 14.5. The Morgan fingerprint density at radius 1 is 0.726 bits per heavy atom. The maximum Gasteiger partial charge on any atom is 0.312 e. The van der Waals surface area contributed by atoms with Crippen LogP contribution in [-0.2, 0) is 52.3 Å². The van der Waals surface area contributed by atoms with Crippen molar-refractivity contribution >= 4 is 47.0 Å². The second-order valence-electron chi connectivity index (χ2n) is 28.6. The Morgan fingerprint density at radius 2 is 1.22 bits per heavy atom. The molecule has 2 N–H and O–H groups in total. The van der Waals surface area contributed by atoms with Gasteiger partial charge in [0.05, 0.1) is 30.6 Å². The lowest BCUT2D eigenvalue weighted by molar-refractivity contribution is -0.226. The van der Waals surface area contributed by atoms with Crippen molar-refractivity contribution < 1.29 is 33.8 Å². The molecule has 0 aromatic heterocycles. The van der Waals surface area contributed by atoms with Crippen LogP contribution in [0.15, 0.2) is 48.2 Å². The minimum Gasteiger partial charge on any atom is -0.469 e. The zero-order valence-corrected chi connectivity index (χ0v) is 48.4. The molecular weight excluding hydrogens is 956 g/mol. The van der Waals surface area contributed by atoms with E-state index in [0.29, 0.717) is 38.0 Å². The minimum atomic E-state index is -0.496. The SMILES string of the molecule is COC(=O)C12CC(N3C=C4C(C)C(C)(C)CC[C@@]4(c4ccc(CCC(C)(C)C)c(Cl)c4)CC3=O)(C1)C2.COC(=O)C12CC(NC(=O)CC3(c4ccc(CCC(C)(C)C)c(Cl)c4)CCC(C)(C)C(C)C3CO)(C1)C2. The molecular formula is C62H88Cl2N2O7. The predicted octanol–water partition coefficient (Wildman–Crippen LogP) is 13.4. The molecule has 2 amide bonds. The van der Waals surface area contributed by atoms with E-state index in [-0.39, 0.29) is 85.8 Å². The lowest BCUT2D eigenvalue weighted by Gasteiger charge is -2.72. The first-order valence-electron chi connectivity index (χ1n) is 27.5. The van der Waals surface area contributed by atoms with Crippen LogP contribution in [-0.4, -0.2) is 65.7 Å². The van der Waals surface area contributed by atoms with Crippen LogP contribution >= 0.6 is 23.2 Å². The number of nitrogens with zero attached hydrogens (tertiary/aromatic N) is 1. The summed E-state index contributed by atoms with van der Waals surface area (Å²) in [5, 5.41) is 15.6. The summed E-state index contributed by atoms with van der Waals surface area (Å²) in [6.45, 7) is 27.3.